The number of rotatable bonds is 8. The summed E-state index contributed by atoms with van der Waals surface area (Å²) in [5.41, 5.74) is 1.43. The third-order valence-electron chi connectivity index (χ3n) is 4.70. The number of aromatic nitrogens is 1. The van der Waals surface area contributed by atoms with Crippen molar-refractivity contribution in [2.24, 2.45) is 0 Å². The molecular formula is C21H21Cl2N3O4S2. The topological polar surface area (TPSA) is 88.6 Å². The van der Waals surface area contributed by atoms with Gasteiger partial charge in [-0.25, -0.2) is 13.4 Å². The lowest BCUT2D eigenvalue weighted by Crippen LogP contribution is -2.30. The fraction of sp³-hybridized carbons (Fsp3) is 0.238. The van der Waals surface area contributed by atoms with Crippen molar-refractivity contribution in [1.29, 1.82) is 0 Å². The molecule has 170 valence electrons. The molecular weight excluding hydrogens is 493 g/mol. The predicted molar refractivity (Wildman–Crippen MR) is 129 cm³/mol. The van der Waals surface area contributed by atoms with Crippen LogP contribution in [0.15, 0.2) is 46.7 Å². The summed E-state index contributed by atoms with van der Waals surface area (Å²) in [5.74, 6) is -0.00591. The number of sulfonamides is 1. The number of carbonyl (C=O) groups is 1. The predicted octanol–water partition coefficient (Wildman–Crippen LogP) is 5.41. The molecule has 0 fully saturated rings. The van der Waals surface area contributed by atoms with Gasteiger partial charge in [0.15, 0.2) is 5.13 Å². The van der Waals surface area contributed by atoms with E-state index < -0.39 is 15.9 Å². The standard InChI is InChI=1S/C21H21Cl2N3O4S2/c1-4-26(5-2)32(28,29)14-7-8-16(22)15(11-14)20(27)25-21-24-18(12-31-21)13-6-9-19(30-3)17(23)10-13/h6-12H,4-5H2,1-3H3,(H,24,25,27). The second-order valence-corrected chi connectivity index (χ2v) is 10.2. The van der Waals surface area contributed by atoms with E-state index in [0.717, 1.165) is 5.56 Å². The van der Waals surface area contributed by atoms with Gasteiger partial charge in [-0.3, -0.25) is 10.1 Å². The van der Waals surface area contributed by atoms with Crippen LogP contribution in [0.3, 0.4) is 0 Å². The van der Waals surface area contributed by atoms with Crippen molar-refractivity contribution in [1.82, 2.24) is 9.29 Å². The van der Waals surface area contributed by atoms with Crippen molar-refractivity contribution in [3.05, 3.63) is 57.4 Å². The van der Waals surface area contributed by atoms with Gasteiger partial charge in [0.05, 0.1) is 33.3 Å². The zero-order valence-electron chi connectivity index (χ0n) is 17.6. The van der Waals surface area contributed by atoms with E-state index in [2.05, 4.69) is 10.3 Å². The van der Waals surface area contributed by atoms with E-state index in [1.165, 1.54) is 41.0 Å². The van der Waals surface area contributed by atoms with Crippen LogP contribution in [-0.2, 0) is 10.0 Å². The van der Waals surface area contributed by atoms with Gasteiger partial charge >= 0.3 is 0 Å². The lowest BCUT2D eigenvalue weighted by atomic mass is 10.2. The van der Waals surface area contributed by atoms with E-state index in [9.17, 15) is 13.2 Å². The van der Waals surface area contributed by atoms with Gasteiger partial charge in [0.25, 0.3) is 5.91 Å². The Morgan fingerprint density at radius 2 is 1.84 bits per heavy atom. The first-order valence-corrected chi connectivity index (χ1v) is 12.7. The van der Waals surface area contributed by atoms with Crippen LogP contribution in [-0.4, -0.2) is 43.8 Å². The smallest absolute Gasteiger partial charge is 0.259 e. The molecule has 0 saturated carbocycles. The Morgan fingerprint density at radius 3 is 2.47 bits per heavy atom. The second kappa shape index (κ2) is 10.2. The summed E-state index contributed by atoms with van der Waals surface area (Å²) in [7, 11) is -2.20. The molecule has 0 atom stereocenters. The number of nitrogens with one attached hydrogen (secondary N) is 1. The van der Waals surface area contributed by atoms with Gasteiger partial charge in [-0.2, -0.15) is 4.31 Å². The van der Waals surface area contributed by atoms with Crippen LogP contribution in [0.5, 0.6) is 5.75 Å². The van der Waals surface area contributed by atoms with Crippen LogP contribution in [0.2, 0.25) is 10.0 Å². The quantitative estimate of drug-likeness (QED) is 0.435. The van der Waals surface area contributed by atoms with E-state index in [1.807, 2.05) is 6.07 Å². The molecule has 1 heterocycles. The molecule has 0 spiro atoms. The maximum atomic E-state index is 12.8. The molecule has 0 unspecified atom stereocenters. The van der Waals surface area contributed by atoms with E-state index in [0.29, 0.717) is 34.7 Å². The Kier molecular flexibility index (Phi) is 7.79. The zero-order chi connectivity index (χ0) is 23.5. The molecule has 3 rings (SSSR count). The average molecular weight is 514 g/mol. The first-order chi connectivity index (χ1) is 15.2. The Labute approximate surface area is 201 Å². The Balaban J connectivity index is 1.85. The van der Waals surface area contributed by atoms with Crippen LogP contribution < -0.4 is 10.1 Å². The number of nitrogens with zero attached hydrogens (tertiary/aromatic N) is 2. The number of amides is 1. The number of thiazole rings is 1. The molecule has 32 heavy (non-hydrogen) atoms. The van der Waals surface area contributed by atoms with E-state index >= 15 is 0 Å². The largest absolute Gasteiger partial charge is 0.495 e. The normalized spacial score (nSPS) is 11.6. The Morgan fingerprint density at radius 1 is 1.12 bits per heavy atom. The minimum absolute atomic E-state index is 0.00320. The highest BCUT2D eigenvalue weighted by Gasteiger charge is 2.24. The van der Waals surface area contributed by atoms with Gasteiger partial charge in [0.2, 0.25) is 10.0 Å². The number of hydrogen-bond donors (Lipinski definition) is 1. The summed E-state index contributed by atoms with van der Waals surface area (Å²) in [6.45, 7) is 4.14. The molecule has 0 aliphatic rings. The van der Waals surface area contributed by atoms with Crippen LogP contribution in [0.1, 0.15) is 24.2 Å². The van der Waals surface area contributed by atoms with Crippen LogP contribution in [0.4, 0.5) is 5.13 Å². The third-order valence-corrected chi connectivity index (χ3v) is 8.13. The highest BCUT2D eigenvalue weighted by molar-refractivity contribution is 7.89. The lowest BCUT2D eigenvalue weighted by molar-refractivity contribution is 0.102. The molecule has 7 nitrogen and oxygen atoms in total. The molecule has 2 aromatic carbocycles. The Bertz CT molecular complexity index is 1240. The summed E-state index contributed by atoms with van der Waals surface area (Å²) in [4.78, 5) is 17.3. The highest BCUT2D eigenvalue weighted by Crippen LogP contribution is 2.32. The highest BCUT2D eigenvalue weighted by atomic mass is 35.5. The summed E-state index contributed by atoms with van der Waals surface area (Å²) < 4.78 is 32.0. The minimum atomic E-state index is -3.73. The van der Waals surface area contributed by atoms with E-state index in [-0.39, 0.29) is 15.5 Å². The molecule has 3 aromatic rings. The number of ether oxygens (including phenoxy) is 1. The second-order valence-electron chi connectivity index (χ2n) is 6.57. The van der Waals surface area contributed by atoms with Crippen molar-refractivity contribution in [2.45, 2.75) is 18.7 Å². The summed E-state index contributed by atoms with van der Waals surface area (Å²) in [6, 6.07) is 9.34. The first-order valence-electron chi connectivity index (χ1n) is 9.61. The van der Waals surface area contributed by atoms with Crippen molar-refractivity contribution in [3.63, 3.8) is 0 Å². The fourth-order valence-electron chi connectivity index (χ4n) is 3.01. The van der Waals surface area contributed by atoms with E-state index in [1.54, 1.807) is 31.4 Å². The molecule has 11 heteroatoms. The monoisotopic (exact) mass is 513 g/mol. The number of hydrogen-bond acceptors (Lipinski definition) is 6. The van der Waals surface area contributed by atoms with Crippen LogP contribution in [0.25, 0.3) is 11.3 Å². The number of methoxy groups -OCH3 is 1. The van der Waals surface area contributed by atoms with Gasteiger partial charge in [-0.1, -0.05) is 37.0 Å². The maximum absolute atomic E-state index is 12.8. The molecule has 1 N–H and O–H groups in total. The van der Waals surface area contributed by atoms with Crippen molar-refractivity contribution in [3.8, 4) is 17.0 Å². The molecule has 0 aliphatic heterocycles. The van der Waals surface area contributed by atoms with Gasteiger partial charge < -0.3 is 4.74 Å². The maximum Gasteiger partial charge on any atom is 0.259 e. The Hall–Kier alpha value is -2.17. The number of carbonyl (C=O) groups excluding carboxylic acids is 1. The summed E-state index contributed by atoms with van der Waals surface area (Å²) in [5, 5.41) is 5.38. The van der Waals surface area contributed by atoms with Crippen LogP contribution in [0, 0.1) is 0 Å². The third kappa shape index (κ3) is 5.07. The van der Waals surface area contributed by atoms with Gasteiger partial charge in [-0.15, -0.1) is 11.3 Å². The zero-order valence-corrected chi connectivity index (χ0v) is 20.7. The first kappa shape index (κ1) is 24.5. The van der Waals surface area contributed by atoms with Crippen molar-refractivity contribution in [2.75, 3.05) is 25.5 Å². The number of halogens is 2. The van der Waals surface area contributed by atoms with Crippen LogP contribution >= 0.6 is 34.5 Å². The minimum Gasteiger partial charge on any atom is -0.495 e. The SMILES string of the molecule is CCN(CC)S(=O)(=O)c1ccc(Cl)c(C(=O)Nc2nc(-c3ccc(OC)c(Cl)c3)cs2)c1. The lowest BCUT2D eigenvalue weighted by Gasteiger charge is -2.19. The molecule has 0 saturated heterocycles. The number of anilines is 1. The number of benzene rings is 2. The molecule has 1 amide bonds. The average Bonchev–Trinajstić information content (AvgIpc) is 3.22. The molecule has 1 aromatic heterocycles. The van der Waals surface area contributed by atoms with Gasteiger partial charge in [0, 0.05) is 24.0 Å². The molecule has 0 radical (unpaired) electrons. The van der Waals surface area contributed by atoms with E-state index in [4.69, 9.17) is 27.9 Å². The summed E-state index contributed by atoms with van der Waals surface area (Å²) >= 11 is 13.6. The summed E-state index contributed by atoms with van der Waals surface area (Å²) in [6.07, 6.45) is 0. The fourth-order valence-corrected chi connectivity index (χ4v) is 5.67. The van der Waals surface area contributed by atoms with Crippen molar-refractivity contribution < 1.29 is 17.9 Å². The van der Waals surface area contributed by atoms with Gasteiger partial charge in [0.1, 0.15) is 5.75 Å². The van der Waals surface area contributed by atoms with Gasteiger partial charge in [-0.05, 0) is 36.4 Å². The molecule has 0 bridgehead atoms. The van der Waals surface area contributed by atoms with Crippen molar-refractivity contribution >= 4 is 55.6 Å². The molecule has 0 aliphatic carbocycles.